The number of ether oxygens (including phenoxy) is 11. The van der Waals surface area contributed by atoms with Crippen molar-refractivity contribution in [1.82, 2.24) is 31.9 Å². The van der Waals surface area contributed by atoms with Crippen molar-refractivity contribution in [3.05, 3.63) is 0 Å². The van der Waals surface area contributed by atoms with Crippen LogP contribution in [0.4, 0.5) is 4.79 Å². The molecular formula is C49H82N6Na2O33S3. The molecule has 0 radical (unpaired) electrons. The number of thioether (sulfide) groups is 1. The molecule has 0 spiro atoms. The Morgan fingerprint density at radius 2 is 1.06 bits per heavy atom. The Balaban J connectivity index is 0.00000922. The minimum Gasteiger partial charge on any atom is -0.726 e. The SMILES string of the molecule is CC(=O)NC1C(OC2C(O)C(CO)OC(OC3C(O)C(COS(=O)(=O)[O-])OC(OCCCNC(=O)COCCOCCOCCNC(=O)CCCCC4SCC5NC(=O)NC54)C3NC(C)=O)C2O)OC(COS(=O)(=O)[O-])C(O)C1OC1OC(CO)C(O)C(O)C1O.[Na+].[Na+]. The van der Waals surface area contributed by atoms with Gasteiger partial charge in [-0.25, -0.2) is 21.6 Å². The zero-order valence-electron chi connectivity index (χ0n) is 51.3. The maximum absolute atomic E-state index is 12.7. The fraction of sp³-hybridized carbons (Fsp3) is 0.898. The van der Waals surface area contributed by atoms with Crippen LogP contribution in [0.5, 0.6) is 0 Å². The molecule has 6 fully saturated rings. The molecule has 23 atom stereocenters. The number of hydrogen-bond acceptors (Lipinski definition) is 34. The summed E-state index contributed by atoms with van der Waals surface area (Å²) >= 11 is 1.83. The number of carbonyl (C=O) groups excluding carboxylic acids is 5. The maximum atomic E-state index is 12.7. The summed E-state index contributed by atoms with van der Waals surface area (Å²) in [4.78, 5) is 61.8. The minimum absolute atomic E-state index is 0. The van der Waals surface area contributed by atoms with Crippen LogP contribution >= 0.6 is 11.8 Å². The first kappa shape index (κ1) is 83.9. The van der Waals surface area contributed by atoms with Gasteiger partial charge in [-0.1, -0.05) is 6.42 Å². The second-order valence-electron chi connectivity index (χ2n) is 21.7. The molecule has 39 nitrogen and oxygen atoms in total. The summed E-state index contributed by atoms with van der Waals surface area (Å²) in [6.45, 7) is -2.24. The number of aliphatic hydroxyl groups excluding tert-OH is 9. The van der Waals surface area contributed by atoms with E-state index < -0.39 is 188 Å². The first-order valence-electron chi connectivity index (χ1n) is 29.0. The van der Waals surface area contributed by atoms with Gasteiger partial charge in [-0.15, -0.1) is 0 Å². The van der Waals surface area contributed by atoms with Crippen molar-refractivity contribution in [2.24, 2.45) is 0 Å². The van der Waals surface area contributed by atoms with Gasteiger partial charge in [-0.05, 0) is 19.3 Å². The van der Waals surface area contributed by atoms with E-state index in [-0.39, 0.29) is 142 Å². The van der Waals surface area contributed by atoms with Crippen LogP contribution in [0.2, 0.25) is 0 Å². The van der Waals surface area contributed by atoms with E-state index in [0.717, 1.165) is 38.9 Å². The zero-order valence-corrected chi connectivity index (χ0v) is 57.7. The van der Waals surface area contributed by atoms with Crippen LogP contribution in [0, 0.1) is 0 Å². The largest absolute Gasteiger partial charge is 1.00 e. The number of hydrogen-bond donors (Lipinski definition) is 15. The molecule has 6 aliphatic heterocycles. The average Bonchev–Trinajstić information content (AvgIpc) is 1.01. The van der Waals surface area contributed by atoms with Gasteiger partial charge in [0, 0.05) is 44.4 Å². The van der Waals surface area contributed by atoms with E-state index in [4.69, 9.17) is 52.1 Å². The van der Waals surface area contributed by atoms with E-state index in [1.807, 2.05) is 11.8 Å². The van der Waals surface area contributed by atoms with E-state index in [9.17, 15) is 95.9 Å². The maximum Gasteiger partial charge on any atom is 1.00 e. The quantitative estimate of drug-likeness (QED) is 0.00903. The number of nitrogens with one attached hydrogen (secondary N) is 6. The number of aliphatic hydroxyl groups is 9. The molecule has 0 aromatic rings. The van der Waals surface area contributed by atoms with Crippen LogP contribution in [-0.4, -0.2) is 333 Å². The van der Waals surface area contributed by atoms with Gasteiger partial charge in [0.15, 0.2) is 25.2 Å². The fourth-order valence-corrected chi connectivity index (χ4v) is 12.7. The van der Waals surface area contributed by atoms with E-state index in [1.54, 1.807) is 0 Å². The van der Waals surface area contributed by atoms with Gasteiger partial charge < -0.3 is 139 Å². The van der Waals surface area contributed by atoms with Crippen molar-refractivity contribution in [3.8, 4) is 0 Å². The van der Waals surface area contributed by atoms with Gasteiger partial charge >= 0.3 is 65.1 Å². The van der Waals surface area contributed by atoms with Gasteiger partial charge in [0.1, 0.15) is 104 Å². The number of fused-ring (bicyclic) bond motifs is 1. The van der Waals surface area contributed by atoms with Crippen LogP contribution in [0.15, 0.2) is 0 Å². The molecule has 44 heteroatoms. The second-order valence-corrected chi connectivity index (χ2v) is 25.1. The Kier molecular flexibility index (Phi) is 36.6. The molecular weight excluding hydrogens is 1340 g/mol. The standard InChI is InChI=1S/C49H84N6O33S3.2Na/c1-22(58)52-33-42(87-48-41(68)44(36(63)26(17-57)83-48)88-46-34(53-23(2)59)43(38(65)28(85-46)19-81-91(73,74)75)86-47-40(67)39(66)35(62)25(16-56)82-47)37(64)27(18-80-90(70,71)72)84-45(33)79-10-5-8-50-31(61)20-78-15-14-77-13-12-76-11-9-51-30(60)7-4-3-6-29-32-24(21-89-29)54-49(69)55-32;;/h24-29,32-48,56-57,62-68H,3-21H2,1-2H3,(H,50,61)(H,51,60)(H,52,58)(H,53,59)(H2,54,55,69)(H,70,71,72)(H,73,74,75);;/q;2*+1/p-2. The van der Waals surface area contributed by atoms with Crippen LogP contribution in [0.1, 0.15) is 46.0 Å². The Labute approximate surface area is 583 Å². The van der Waals surface area contributed by atoms with Gasteiger partial charge in [0.2, 0.25) is 44.4 Å². The Morgan fingerprint density at radius 3 is 1.63 bits per heavy atom. The predicted octanol–water partition coefficient (Wildman–Crippen LogP) is -16.1. The topological polar surface area (TPSA) is 574 Å². The smallest absolute Gasteiger partial charge is 0.726 e. The molecule has 6 rings (SSSR count). The fourth-order valence-electron chi connectivity index (χ4n) is 10.5. The monoisotopic (exact) mass is 1420 g/mol. The molecule has 93 heavy (non-hydrogen) atoms. The summed E-state index contributed by atoms with van der Waals surface area (Å²) in [6.07, 6.45) is -34.0. The Morgan fingerprint density at radius 1 is 0.570 bits per heavy atom. The number of unbranched alkanes of at least 4 members (excludes halogenated alkanes) is 1. The molecule has 0 aromatic heterocycles. The summed E-state index contributed by atoms with van der Waals surface area (Å²) in [5, 5.41) is 115. The third-order valence-corrected chi connectivity index (χ3v) is 17.3. The van der Waals surface area contributed by atoms with Gasteiger partial charge in [-0.2, -0.15) is 11.8 Å². The normalized spacial score (nSPS) is 35.2. The number of rotatable bonds is 37. The third-order valence-electron chi connectivity index (χ3n) is 14.9. The molecule has 6 heterocycles. The van der Waals surface area contributed by atoms with Crippen molar-refractivity contribution in [3.63, 3.8) is 0 Å². The third kappa shape index (κ3) is 26.2. The summed E-state index contributed by atoms with van der Waals surface area (Å²) in [6, 6.07) is -3.43. The molecule has 0 aliphatic carbocycles. The second kappa shape index (κ2) is 40.6. The number of urea groups is 1. The van der Waals surface area contributed by atoms with Crippen LogP contribution in [0.3, 0.4) is 0 Å². The van der Waals surface area contributed by atoms with Crippen molar-refractivity contribution >= 4 is 62.2 Å². The summed E-state index contributed by atoms with van der Waals surface area (Å²) in [7, 11) is -11.0. The molecule has 6 aliphatic rings. The molecule has 0 bridgehead atoms. The van der Waals surface area contributed by atoms with Crippen molar-refractivity contribution in [2.75, 3.05) is 91.5 Å². The summed E-state index contributed by atoms with van der Waals surface area (Å²) in [5.74, 6) is -1.54. The summed E-state index contributed by atoms with van der Waals surface area (Å²) in [5.41, 5.74) is 0. The number of carbonyl (C=O) groups is 5. The van der Waals surface area contributed by atoms with Gasteiger partial charge in [0.05, 0.1) is 78.2 Å². The minimum atomic E-state index is -5.55. The average molecular weight is 1430 g/mol. The van der Waals surface area contributed by atoms with E-state index in [2.05, 4.69) is 40.3 Å². The van der Waals surface area contributed by atoms with Gasteiger partial charge in [-0.3, -0.25) is 27.5 Å². The molecule has 0 saturated carbocycles. The summed E-state index contributed by atoms with van der Waals surface area (Å²) < 4.78 is 141. The van der Waals surface area contributed by atoms with Crippen molar-refractivity contribution < 1.29 is 215 Å². The zero-order chi connectivity index (χ0) is 66.7. The van der Waals surface area contributed by atoms with E-state index >= 15 is 0 Å². The Bertz CT molecular complexity index is 2550. The van der Waals surface area contributed by atoms with Crippen LogP contribution in [-0.2, 0) is 100 Å². The Hall–Kier alpha value is -1.56. The van der Waals surface area contributed by atoms with Crippen LogP contribution < -0.4 is 91.0 Å². The predicted molar refractivity (Wildman–Crippen MR) is 295 cm³/mol. The van der Waals surface area contributed by atoms with Crippen molar-refractivity contribution in [1.29, 1.82) is 0 Å². The molecule has 526 valence electrons. The van der Waals surface area contributed by atoms with Crippen LogP contribution in [0.25, 0.3) is 0 Å². The molecule has 6 amide bonds. The molecule has 6 saturated heterocycles. The van der Waals surface area contributed by atoms with Crippen molar-refractivity contribution in [2.45, 2.75) is 186 Å². The van der Waals surface area contributed by atoms with E-state index in [1.165, 1.54) is 0 Å². The first-order chi connectivity index (χ1) is 43.1. The molecule has 15 N–H and O–H groups in total. The first-order valence-corrected chi connectivity index (χ1v) is 32.7. The van der Waals surface area contributed by atoms with E-state index in [0.29, 0.717) is 18.2 Å². The number of amides is 6. The molecule has 0 aromatic carbocycles. The molecule has 23 unspecified atom stereocenters. The van der Waals surface area contributed by atoms with Gasteiger partial charge in [0.25, 0.3) is 0 Å².